The second-order valence-corrected chi connectivity index (χ2v) is 7.48. The van der Waals surface area contributed by atoms with Crippen LogP contribution in [-0.2, 0) is 16.1 Å². The number of fused-ring (bicyclic) bond motifs is 1. The van der Waals surface area contributed by atoms with Gasteiger partial charge in [-0.15, -0.1) is 0 Å². The normalized spacial score (nSPS) is 23.4. The molecule has 0 radical (unpaired) electrons. The molecule has 0 aromatic heterocycles. The van der Waals surface area contributed by atoms with Gasteiger partial charge in [0.25, 0.3) is 0 Å². The van der Waals surface area contributed by atoms with Crippen LogP contribution in [0.1, 0.15) is 52.4 Å². The summed E-state index contributed by atoms with van der Waals surface area (Å²) in [5, 5.41) is 13.7. The first-order valence-electron chi connectivity index (χ1n) is 8.98. The summed E-state index contributed by atoms with van der Waals surface area (Å²) in [4.78, 5) is 25.9. The van der Waals surface area contributed by atoms with Crippen molar-refractivity contribution in [2.75, 3.05) is 26.2 Å². The molecule has 2 fully saturated rings. The minimum absolute atomic E-state index is 0.178. The first-order valence-corrected chi connectivity index (χ1v) is 8.98. The molecule has 6 heteroatoms. The lowest BCUT2D eigenvalue weighted by Crippen LogP contribution is -2.45. The van der Waals surface area contributed by atoms with Crippen molar-refractivity contribution < 1.29 is 19.4 Å². The van der Waals surface area contributed by atoms with E-state index in [9.17, 15) is 14.7 Å². The fourth-order valence-electron chi connectivity index (χ4n) is 4.43. The van der Waals surface area contributed by atoms with Gasteiger partial charge in [0.05, 0.1) is 17.1 Å². The van der Waals surface area contributed by atoms with Crippen LogP contribution in [0.15, 0.2) is 12.1 Å². The van der Waals surface area contributed by atoms with Crippen LogP contribution < -0.4 is 5.32 Å². The lowest BCUT2D eigenvalue weighted by Gasteiger charge is -2.38. The number of carbonyl (C=O) groups is 2. The van der Waals surface area contributed by atoms with Crippen LogP contribution >= 0.6 is 0 Å². The number of nitrogens with one attached hydrogen (secondary N) is 1. The van der Waals surface area contributed by atoms with Crippen molar-refractivity contribution in [3.8, 4) is 0 Å². The van der Waals surface area contributed by atoms with E-state index >= 15 is 0 Å². The standard InChI is InChI=1S/C19H24N2O4/c1-12-13(2-3-14-15(12)11-25-17(14)23)16(22)10-21-8-5-19(6-9-21)4-7-20-18(19)24/h2-3,16,22H,4-11H2,1H3,(H,20,24). The molecule has 1 amide bonds. The number of nitrogens with zero attached hydrogens (tertiary/aromatic N) is 1. The van der Waals surface area contributed by atoms with E-state index in [0.29, 0.717) is 18.7 Å². The zero-order chi connectivity index (χ0) is 17.6. The Morgan fingerprint density at radius 2 is 2.04 bits per heavy atom. The summed E-state index contributed by atoms with van der Waals surface area (Å²) in [5.74, 6) is -0.0814. The number of piperidine rings is 1. The Hall–Kier alpha value is -1.92. The highest BCUT2D eigenvalue weighted by Gasteiger charge is 2.44. The number of hydrogen-bond acceptors (Lipinski definition) is 5. The van der Waals surface area contributed by atoms with Crippen LogP contribution in [0.5, 0.6) is 0 Å². The predicted octanol–water partition coefficient (Wildman–Crippen LogP) is 1.30. The molecule has 4 rings (SSSR count). The smallest absolute Gasteiger partial charge is 0.338 e. The monoisotopic (exact) mass is 344 g/mol. The first-order chi connectivity index (χ1) is 12.0. The Balaban J connectivity index is 1.43. The van der Waals surface area contributed by atoms with Crippen molar-refractivity contribution in [3.63, 3.8) is 0 Å². The molecule has 0 saturated carbocycles. The zero-order valence-electron chi connectivity index (χ0n) is 14.5. The number of aliphatic hydroxyl groups excluding tert-OH is 1. The van der Waals surface area contributed by atoms with Gasteiger partial charge in [-0.1, -0.05) is 6.07 Å². The first kappa shape index (κ1) is 16.5. The molecule has 3 aliphatic heterocycles. The summed E-state index contributed by atoms with van der Waals surface area (Å²) in [6.07, 6.45) is 2.04. The largest absolute Gasteiger partial charge is 0.457 e. The van der Waals surface area contributed by atoms with Gasteiger partial charge in [-0.25, -0.2) is 4.79 Å². The molecular formula is C19H24N2O4. The van der Waals surface area contributed by atoms with Gasteiger partial charge in [-0.2, -0.15) is 0 Å². The molecular weight excluding hydrogens is 320 g/mol. The molecule has 25 heavy (non-hydrogen) atoms. The van der Waals surface area contributed by atoms with Gasteiger partial charge in [-0.05, 0) is 56.5 Å². The number of hydrogen-bond donors (Lipinski definition) is 2. The van der Waals surface area contributed by atoms with E-state index in [2.05, 4.69) is 10.2 Å². The maximum Gasteiger partial charge on any atom is 0.338 e. The lowest BCUT2D eigenvalue weighted by molar-refractivity contribution is -0.130. The van der Waals surface area contributed by atoms with Crippen LogP contribution in [0.4, 0.5) is 0 Å². The van der Waals surface area contributed by atoms with E-state index in [4.69, 9.17) is 4.74 Å². The number of esters is 1. The average Bonchev–Trinajstić information content (AvgIpc) is 3.15. The molecule has 0 bridgehead atoms. The van der Waals surface area contributed by atoms with Crippen molar-refractivity contribution in [1.29, 1.82) is 0 Å². The Morgan fingerprint density at radius 3 is 2.72 bits per heavy atom. The molecule has 3 aliphatic rings. The number of aliphatic hydroxyl groups is 1. The molecule has 0 aliphatic carbocycles. The Kier molecular flexibility index (Phi) is 4.04. The van der Waals surface area contributed by atoms with Crippen LogP contribution in [0, 0.1) is 12.3 Å². The fourth-order valence-corrected chi connectivity index (χ4v) is 4.43. The Labute approximate surface area is 147 Å². The van der Waals surface area contributed by atoms with Crippen LogP contribution in [0.3, 0.4) is 0 Å². The third-order valence-corrected chi connectivity index (χ3v) is 6.18. The Bertz CT molecular complexity index is 722. The van der Waals surface area contributed by atoms with Crippen molar-refractivity contribution in [3.05, 3.63) is 34.4 Å². The van der Waals surface area contributed by atoms with E-state index < -0.39 is 6.10 Å². The van der Waals surface area contributed by atoms with Crippen LogP contribution in [-0.4, -0.2) is 48.1 Å². The van der Waals surface area contributed by atoms with Gasteiger partial charge < -0.3 is 20.1 Å². The van der Waals surface area contributed by atoms with E-state index in [0.717, 1.165) is 55.6 Å². The third kappa shape index (κ3) is 2.73. The third-order valence-electron chi connectivity index (χ3n) is 6.18. The molecule has 1 aromatic rings. The highest BCUT2D eigenvalue weighted by atomic mass is 16.5. The molecule has 2 N–H and O–H groups in total. The number of β-amino-alcohol motifs (C(OH)–C–C–N with tert-alkyl or cyclic N) is 1. The maximum absolute atomic E-state index is 12.1. The second-order valence-electron chi connectivity index (χ2n) is 7.48. The van der Waals surface area contributed by atoms with Gasteiger partial charge in [0.2, 0.25) is 5.91 Å². The second kappa shape index (κ2) is 6.11. The summed E-state index contributed by atoms with van der Waals surface area (Å²) in [6, 6.07) is 3.59. The molecule has 3 heterocycles. The number of cyclic esters (lactones) is 1. The van der Waals surface area contributed by atoms with E-state index in [1.165, 1.54) is 0 Å². The predicted molar refractivity (Wildman–Crippen MR) is 91.0 cm³/mol. The number of ether oxygens (including phenoxy) is 1. The molecule has 6 nitrogen and oxygen atoms in total. The molecule has 134 valence electrons. The average molecular weight is 344 g/mol. The summed E-state index contributed by atoms with van der Waals surface area (Å²) in [7, 11) is 0. The van der Waals surface area contributed by atoms with Crippen molar-refractivity contribution in [2.45, 2.75) is 38.9 Å². The zero-order valence-corrected chi connectivity index (χ0v) is 14.5. The Morgan fingerprint density at radius 1 is 1.28 bits per heavy atom. The van der Waals surface area contributed by atoms with Gasteiger partial charge >= 0.3 is 5.97 Å². The summed E-state index contributed by atoms with van der Waals surface area (Å²) < 4.78 is 5.08. The maximum atomic E-state index is 12.1. The van der Waals surface area contributed by atoms with Gasteiger partial charge in [0.1, 0.15) is 6.61 Å². The van der Waals surface area contributed by atoms with Crippen LogP contribution in [0.2, 0.25) is 0 Å². The van der Waals surface area contributed by atoms with Gasteiger partial charge in [-0.3, -0.25) is 4.79 Å². The van der Waals surface area contributed by atoms with Crippen LogP contribution in [0.25, 0.3) is 0 Å². The van der Waals surface area contributed by atoms with Gasteiger partial charge in [0, 0.05) is 18.7 Å². The topological polar surface area (TPSA) is 78.9 Å². The molecule has 1 aromatic carbocycles. The number of benzene rings is 1. The number of amides is 1. The lowest BCUT2D eigenvalue weighted by atomic mass is 9.77. The van der Waals surface area contributed by atoms with Crippen molar-refractivity contribution in [1.82, 2.24) is 10.2 Å². The SMILES string of the molecule is Cc1c(C(O)CN2CCC3(CCNC3=O)CC2)ccc2c1COC2=O. The fraction of sp³-hybridized carbons (Fsp3) is 0.579. The van der Waals surface area contributed by atoms with E-state index in [1.54, 1.807) is 6.07 Å². The highest BCUT2D eigenvalue weighted by molar-refractivity contribution is 5.94. The summed E-state index contributed by atoms with van der Waals surface area (Å²) in [5.41, 5.74) is 3.13. The number of rotatable bonds is 3. The van der Waals surface area contributed by atoms with Gasteiger partial charge in [0.15, 0.2) is 0 Å². The number of likely N-dealkylation sites (tertiary alicyclic amines) is 1. The molecule has 1 spiro atoms. The molecule has 2 saturated heterocycles. The quantitative estimate of drug-likeness (QED) is 0.808. The molecule has 1 atom stereocenters. The highest BCUT2D eigenvalue weighted by Crippen LogP contribution is 2.38. The van der Waals surface area contributed by atoms with Crippen molar-refractivity contribution >= 4 is 11.9 Å². The summed E-state index contributed by atoms with van der Waals surface area (Å²) >= 11 is 0. The minimum Gasteiger partial charge on any atom is -0.457 e. The minimum atomic E-state index is -0.604. The molecule has 1 unspecified atom stereocenters. The van der Waals surface area contributed by atoms with E-state index in [1.807, 2.05) is 13.0 Å². The van der Waals surface area contributed by atoms with Crippen molar-refractivity contribution in [2.24, 2.45) is 5.41 Å². The summed E-state index contributed by atoms with van der Waals surface area (Å²) in [6.45, 7) is 5.23. The van der Waals surface area contributed by atoms with E-state index in [-0.39, 0.29) is 17.3 Å². The number of carbonyl (C=O) groups excluding carboxylic acids is 2.